The topological polar surface area (TPSA) is 147 Å². The number of hydrogen-bond donors (Lipinski definition) is 4. The molecule has 1 fully saturated rings. The van der Waals surface area contributed by atoms with Crippen LogP contribution in [0.25, 0.3) is 0 Å². The molecule has 3 amide bonds. The Balaban J connectivity index is 2.93. The van der Waals surface area contributed by atoms with Crippen LogP contribution in [-0.4, -0.2) is 65.8 Å². The molecule has 1 heterocycles. The van der Waals surface area contributed by atoms with Gasteiger partial charge in [-0.2, -0.15) is 0 Å². The maximum Gasteiger partial charge on any atom is 0.414 e. The van der Waals surface area contributed by atoms with E-state index < -0.39 is 29.4 Å². The van der Waals surface area contributed by atoms with Crippen LogP contribution >= 0.6 is 0 Å². The fourth-order valence-corrected chi connectivity index (χ4v) is 2.55. The second-order valence-corrected chi connectivity index (χ2v) is 8.58. The summed E-state index contributed by atoms with van der Waals surface area (Å²) >= 11 is 0. The molecule has 1 rings (SSSR count). The molecule has 0 aromatic carbocycles. The highest BCUT2D eigenvalue weighted by Gasteiger charge is 2.34. The molecule has 160 valence electrons. The molecule has 11 nitrogen and oxygen atoms in total. The number of guanidine groups is 1. The van der Waals surface area contributed by atoms with Crippen molar-refractivity contribution in [1.82, 2.24) is 21.0 Å². The number of nitrogens with zero attached hydrogens (tertiary/aromatic N) is 2. The van der Waals surface area contributed by atoms with E-state index in [9.17, 15) is 14.4 Å². The molecule has 0 aromatic heterocycles. The average Bonchev–Trinajstić information content (AvgIpc) is 2.82. The lowest BCUT2D eigenvalue weighted by molar-refractivity contribution is -0.125. The number of rotatable bonds is 2. The molecule has 0 spiro atoms. The largest absolute Gasteiger partial charge is 0.444 e. The highest BCUT2D eigenvalue weighted by molar-refractivity contribution is 6.01. The number of nitrogens with two attached hydrogens (primary N) is 1. The minimum atomic E-state index is -0.773. The van der Waals surface area contributed by atoms with E-state index in [2.05, 4.69) is 21.1 Å². The van der Waals surface area contributed by atoms with Gasteiger partial charge in [-0.15, -0.1) is 0 Å². The van der Waals surface area contributed by atoms with E-state index in [1.165, 1.54) is 0 Å². The Morgan fingerprint density at radius 2 is 1.46 bits per heavy atom. The third kappa shape index (κ3) is 8.53. The monoisotopic (exact) mass is 400 g/mol. The van der Waals surface area contributed by atoms with E-state index in [0.717, 1.165) is 0 Å². The third-order valence-electron chi connectivity index (χ3n) is 3.52. The number of likely N-dealkylation sites (N-methyl/N-ethyl adjacent to an activating group) is 1. The molecule has 5 N–H and O–H groups in total. The fraction of sp³-hybridized carbons (Fsp3) is 0.765. The van der Waals surface area contributed by atoms with Crippen LogP contribution in [0.3, 0.4) is 0 Å². The molecule has 1 saturated heterocycles. The van der Waals surface area contributed by atoms with Crippen LogP contribution in [0.1, 0.15) is 48.0 Å². The van der Waals surface area contributed by atoms with Crippen molar-refractivity contribution < 1.29 is 23.9 Å². The fourth-order valence-electron chi connectivity index (χ4n) is 2.55. The maximum absolute atomic E-state index is 12.1. The van der Waals surface area contributed by atoms with Crippen LogP contribution in [0.4, 0.5) is 9.59 Å². The van der Waals surface area contributed by atoms with Crippen molar-refractivity contribution in [1.29, 1.82) is 0 Å². The highest BCUT2D eigenvalue weighted by atomic mass is 16.6. The van der Waals surface area contributed by atoms with Gasteiger partial charge in [0.1, 0.15) is 11.2 Å². The van der Waals surface area contributed by atoms with Crippen molar-refractivity contribution in [2.45, 2.75) is 71.2 Å². The highest BCUT2D eigenvalue weighted by Crippen LogP contribution is 2.18. The van der Waals surface area contributed by atoms with Gasteiger partial charge in [0, 0.05) is 6.54 Å². The zero-order chi connectivity index (χ0) is 21.7. The SMILES string of the molecule is CN1C[C@@H](N=C(NC(=O)OC(C)(C)C)NC(=O)OC(C)(C)C)C[C@H]1C(=O)NN. The Morgan fingerprint density at radius 3 is 1.86 bits per heavy atom. The van der Waals surface area contributed by atoms with Gasteiger partial charge in [-0.05, 0) is 55.0 Å². The first kappa shape index (κ1) is 23.6. The van der Waals surface area contributed by atoms with Crippen LogP contribution in [0.15, 0.2) is 4.99 Å². The summed E-state index contributed by atoms with van der Waals surface area (Å²) in [6.07, 6.45) is -1.18. The van der Waals surface area contributed by atoms with Crippen LogP contribution in [-0.2, 0) is 14.3 Å². The zero-order valence-corrected chi connectivity index (χ0v) is 17.6. The molecule has 0 unspecified atom stereocenters. The number of likely N-dealkylation sites (tertiary alicyclic amines) is 1. The molecule has 11 heteroatoms. The minimum Gasteiger partial charge on any atom is -0.444 e. The predicted octanol–water partition coefficient (Wildman–Crippen LogP) is 0.454. The summed E-state index contributed by atoms with van der Waals surface area (Å²) in [5.41, 5.74) is 0.672. The Hall–Kier alpha value is -2.40. The van der Waals surface area contributed by atoms with Crippen LogP contribution < -0.4 is 21.9 Å². The lowest BCUT2D eigenvalue weighted by Gasteiger charge is -2.22. The smallest absolute Gasteiger partial charge is 0.414 e. The van der Waals surface area contributed by atoms with Gasteiger partial charge in [0.05, 0.1) is 12.1 Å². The number of amides is 3. The number of aliphatic imine (C=N–C) groups is 1. The predicted molar refractivity (Wildman–Crippen MR) is 103 cm³/mol. The van der Waals surface area contributed by atoms with Crippen molar-refractivity contribution in [3.05, 3.63) is 0 Å². The van der Waals surface area contributed by atoms with E-state index in [1.807, 2.05) is 0 Å². The van der Waals surface area contributed by atoms with Gasteiger partial charge < -0.3 is 9.47 Å². The third-order valence-corrected chi connectivity index (χ3v) is 3.52. The van der Waals surface area contributed by atoms with Gasteiger partial charge >= 0.3 is 12.2 Å². The lowest BCUT2D eigenvalue weighted by Crippen LogP contribution is -2.47. The molecular formula is C17H32N6O5. The number of ether oxygens (including phenoxy) is 2. The summed E-state index contributed by atoms with van der Waals surface area (Å²) in [5, 5.41) is 4.85. The molecule has 0 aliphatic carbocycles. The van der Waals surface area contributed by atoms with E-state index in [0.29, 0.717) is 13.0 Å². The summed E-state index contributed by atoms with van der Waals surface area (Å²) in [6.45, 7) is 10.7. The summed E-state index contributed by atoms with van der Waals surface area (Å²) in [4.78, 5) is 42.2. The van der Waals surface area contributed by atoms with Crippen molar-refractivity contribution >= 4 is 24.1 Å². The zero-order valence-electron chi connectivity index (χ0n) is 17.6. The van der Waals surface area contributed by atoms with E-state index in [4.69, 9.17) is 15.3 Å². The second-order valence-electron chi connectivity index (χ2n) is 8.58. The number of carbonyl (C=O) groups excluding carboxylic acids is 3. The van der Waals surface area contributed by atoms with Crippen molar-refractivity contribution in [3.8, 4) is 0 Å². The number of hydrazine groups is 1. The van der Waals surface area contributed by atoms with Gasteiger partial charge in [0.15, 0.2) is 0 Å². The Kier molecular flexibility index (Phi) is 7.76. The number of alkyl carbamates (subject to hydrolysis) is 2. The first-order valence-corrected chi connectivity index (χ1v) is 8.98. The van der Waals surface area contributed by atoms with Crippen molar-refractivity contribution in [2.24, 2.45) is 10.8 Å². The maximum atomic E-state index is 12.1. The second kappa shape index (κ2) is 9.20. The summed E-state index contributed by atoms with van der Waals surface area (Å²) in [6, 6.07) is -0.810. The Morgan fingerprint density at radius 1 is 1.00 bits per heavy atom. The van der Waals surface area contributed by atoms with Crippen molar-refractivity contribution in [3.63, 3.8) is 0 Å². The lowest BCUT2D eigenvalue weighted by atomic mass is 10.1. The Bertz CT molecular complexity index is 591. The number of nitrogens with one attached hydrogen (secondary N) is 3. The molecule has 0 aromatic rings. The number of hydrogen-bond acceptors (Lipinski definition) is 8. The van der Waals surface area contributed by atoms with Crippen LogP contribution in [0, 0.1) is 0 Å². The van der Waals surface area contributed by atoms with Gasteiger partial charge in [-0.1, -0.05) is 0 Å². The first-order valence-electron chi connectivity index (χ1n) is 8.98. The van der Waals surface area contributed by atoms with Gasteiger partial charge in [-0.3, -0.25) is 25.8 Å². The Labute approximate surface area is 165 Å². The molecular weight excluding hydrogens is 368 g/mol. The quantitative estimate of drug-likeness (QED) is 0.173. The average molecular weight is 400 g/mol. The molecule has 2 atom stereocenters. The van der Waals surface area contributed by atoms with E-state index in [-0.39, 0.29) is 17.9 Å². The van der Waals surface area contributed by atoms with Gasteiger partial charge in [-0.25, -0.2) is 20.4 Å². The molecule has 1 aliphatic rings. The van der Waals surface area contributed by atoms with Crippen molar-refractivity contribution in [2.75, 3.05) is 13.6 Å². The normalized spacial score (nSPS) is 20.1. The van der Waals surface area contributed by atoms with Crippen LogP contribution in [0.2, 0.25) is 0 Å². The summed E-state index contributed by atoms with van der Waals surface area (Å²) in [7, 11) is 1.76. The van der Waals surface area contributed by atoms with Crippen LogP contribution in [0.5, 0.6) is 0 Å². The summed E-state index contributed by atoms with van der Waals surface area (Å²) < 4.78 is 10.4. The molecule has 0 saturated carbocycles. The standard InChI is InChI=1S/C17H32N6O5/c1-16(2,3)27-14(25)20-13(21-15(26)28-17(4,5)6)19-10-8-11(12(24)22-18)23(7)9-10/h10-11H,8-9,18H2,1-7H3,(H,22,24)(H2,19,20,21,25,26)/t10-,11-/m0/s1. The van der Waals surface area contributed by atoms with Gasteiger partial charge in [0.2, 0.25) is 5.96 Å². The molecule has 0 radical (unpaired) electrons. The summed E-state index contributed by atoms with van der Waals surface area (Å²) in [5.74, 6) is 4.75. The molecule has 0 bridgehead atoms. The van der Waals surface area contributed by atoms with E-state index >= 15 is 0 Å². The first-order chi connectivity index (χ1) is 12.7. The number of carbonyl (C=O) groups is 3. The molecule has 1 aliphatic heterocycles. The van der Waals surface area contributed by atoms with Gasteiger partial charge in [0.25, 0.3) is 5.91 Å². The van der Waals surface area contributed by atoms with E-state index in [1.54, 1.807) is 53.5 Å². The minimum absolute atomic E-state index is 0.115. The molecule has 28 heavy (non-hydrogen) atoms.